The minimum Gasteiger partial charge on any atom is -0.368 e. The molecule has 0 aromatic carbocycles. The lowest BCUT2D eigenvalue weighted by Crippen LogP contribution is -2.17. The van der Waals surface area contributed by atoms with Gasteiger partial charge in [0.05, 0.1) is 6.61 Å². The molecule has 0 aliphatic rings. The Kier molecular flexibility index (Phi) is 18.2. The highest BCUT2D eigenvalue weighted by molar-refractivity contribution is 4.60. The number of hydrogen-bond donors (Lipinski definition) is 1. The van der Waals surface area contributed by atoms with Crippen LogP contribution in [0, 0.1) is 5.92 Å². The zero-order chi connectivity index (χ0) is 17.2. The van der Waals surface area contributed by atoms with Gasteiger partial charge in [-0.3, -0.25) is 0 Å². The molecule has 0 aliphatic carbocycles. The first-order chi connectivity index (χ1) is 11.2. The van der Waals surface area contributed by atoms with E-state index in [1.54, 1.807) is 0 Å². The number of ether oxygens (including phenoxy) is 1. The quantitative estimate of drug-likeness (QED) is 0.220. The highest BCUT2D eigenvalue weighted by Crippen LogP contribution is 2.19. The van der Waals surface area contributed by atoms with Crippen molar-refractivity contribution in [1.29, 1.82) is 0 Å². The second kappa shape index (κ2) is 18.3. The summed E-state index contributed by atoms with van der Waals surface area (Å²) in [5.41, 5.74) is 0. The van der Waals surface area contributed by atoms with Crippen LogP contribution in [0.15, 0.2) is 0 Å². The molecule has 23 heavy (non-hydrogen) atoms. The fourth-order valence-corrected chi connectivity index (χ4v) is 3.09. The van der Waals surface area contributed by atoms with Gasteiger partial charge in [-0.15, -0.1) is 0 Å². The molecule has 0 amide bonds. The van der Waals surface area contributed by atoms with E-state index < -0.39 is 6.29 Å². The van der Waals surface area contributed by atoms with Crippen LogP contribution in [0.4, 0.5) is 0 Å². The van der Waals surface area contributed by atoms with Gasteiger partial charge in [0, 0.05) is 0 Å². The van der Waals surface area contributed by atoms with Crippen molar-refractivity contribution in [2.45, 2.75) is 123 Å². The second-order valence-corrected chi connectivity index (χ2v) is 7.18. The lowest BCUT2D eigenvalue weighted by molar-refractivity contribution is -0.112. The molecule has 2 heteroatoms. The minimum absolute atomic E-state index is 0.563. The van der Waals surface area contributed by atoms with Crippen LogP contribution >= 0.6 is 0 Å². The maximum absolute atomic E-state index is 9.56. The van der Waals surface area contributed by atoms with E-state index in [0.717, 1.165) is 6.61 Å². The van der Waals surface area contributed by atoms with Gasteiger partial charge in [0.25, 0.3) is 0 Å². The first-order valence-corrected chi connectivity index (χ1v) is 10.5. The van der Waals surface area contributed by atoms with Gasteiger partial charge in [-0.25, -0.2) is 0 Å². The van der Waals surface area contributed by atoms with Crippen molar-refractivity contribution in [2.75, 3.05) is 6.61 Å². The van der Waals surface area contributed by atoms with E-state index in [1.165, 1.54) is 89.9 Å². The summed E-state index contributed by atoms with van der Waals surface area (Å²) < 4.78 is 5.55. The first-order valence-electron chi connectivity index (χ1n) is 10.5. The van der Waals surface area contributed by atoms with Gasteiger partial charge >= 0.3 is 0 Å². The highest BCUT2D eigenvalue weighted by Gasteiger charge is 2.11. The molecule has 0 radical (unpaired) electrons. The molecule has 0 heterocycles. The van der Waals surface area contributed by atoms with Crippen molar-refractivity contribution in [3.05, 3.63) is 0 Å². The topological polar surface area (TPSA) is 29.5 Å². The molecule has 2 nitrogen and oxygen atoms in total. The Bertz CT molecular complexity index is 218. The maximum Gasteiger partial charge on any atom is 0.154 e. The number of aliphatic hydroxyl groups excluding tert-OH is 1. The Hall–Kier alpha value is -0.0800. The summed E-state index contributed by atoms with van der Waals surface area (Å²) in [7, 11) is 0. The third-order valence-corrected chi connectivity index (χ3v) is 4.81. The van der Waals surface area contributed by atoms with Crippen molar-refractivity contribution in [3.63, 3.8) is 0 Å². The molecule has 0 fully saturated rings. The van der Waals surface area contributed by atoms with Gasteiger partial charge in [-0.2, -0.15) is 0 Å². The summed E-state index contributed by atoms with van der Waals surface area (Å²) in [5, 5.41) is 9.56. The molecule has 0 saturated carbocycles. The maximum atomic E-state index is 9.56. The van der Waals surface area contributed by atoms with E-state index in [4.69, 9.17) is 4.74 Å². The lowest BCUT2D eigenvalue weighted by atomic mass is 9.95. The Morgan fingerprint density at radius 1 is 0.652 bits per heavy atom. The average molecular weight is 329 g/mol. The highest BCUT2D eigenvalue weighted by atomic mass is 16.6. The molecular weight excluding hydrogens is 284 g/mol. The van der Waals surface area contributed by atoms with Crippen molar-refractivity contribution in [2.24, 2.45) is 5.92 Å². The molecule has 2 unspecified atom stereocenters. The van der Waals surface area contributed by atoms with Crippen LogP contribution in [0.3, 0.4) is 0 Å². The third-order valence-electron chi connectivity index (χ3n) is 4.81. The SMILES string of the molecule is CCCCCCCCCCCCC(CCCC)COC(O)CC. The molecular formula is C21H44O2. The summed E-state index contributed by atoms with van der Waals surface area (Å²) in [6, 6.07) is 0. The lowest BCUT2D eigenvalue weighted by Gasteiger charge is -2.19. The predicted molar refractivity (Wildman–Crippen MR) is 102 cm³/mol. The number of aliphatic hydroxyl groups is 1. The summed E-state index contributed by atoms with van der Waals surface area (Å²) in [6.07, 6.45) is 19.2. The van der Waals surface area contributed by atoms with Crippen molar-refractivity contribution in [3.8, 4) is 0 Å². The number of unbranched alkanes of at least 4 members (excludes halogenated alkanes) is 10. The zero-order valence-corrected chi connectivity index (χ0v) is 16.3. The van der Waals surface area contributed by atoms with E-state index in [1.807, 2.05) is 6.92 Å². The molecule has 0 aromatic rings. The molecule has 1 N–H and O–H groups in total. The predicted octanol–water partition coefficient (Wildman–Crippen LogP) is 6.85. The smallest absolute Gasteiger partial charge is 0.154 e. The Labute approximate surface area is 146 Å². The van der Waals surface area contributed by atoms with Crippen LogP contribution in [0.1, 0.15) is 117 Å². The Morgan fingerprint density at radius 3 is 1.65 bits per heavy atom. The van der Waals surface area contributed by atoms with E-state index in [-0.39, 0.29) is 0 Å². The largest absolute Gasteiger partial charge is 0.368 e. The summed E-state index contributed by atoms with van der Waals surface area (Å²) in [6.45, 7) is 7.24. The van der Waals surface area contributed by atoms with Crippen molar-refractivity contribution in [1.82, 2.24) is 0 Å². The molecule has 0 aliphatic heterocycles. The molecule has 140 valence electrons. The Morgan fingerprint density at radius 2 is 1.13 bits per heavy atom. The fourth-order valence-electron chi connectivity index (χ4n) is 3.09. The number of hydrogen-bond acceptors (Lipinski definition) is 2. The summed E-state index contributed by atoms with van der Waals surface area (Å²) >= 11 is 0. The molecule has 0 spiro atoms. The Balaban J connectivity index is 3.53. The van der Waals surface area contributed by atoms with Gasteiger partial charge in [0.1, 0.15) is 0 Å². The fraction of sp³-hybridized carbons (Fsp3) is 1.00. The molecule has 2 atom stereocenters. The second-order valence-electron chi connectivity index (χ2n) is 7.18. The van der Waals surface area contributed by atoms with Gasteiger partial charge < -0.3 is 9.84 Å². The standard InChI is InChI=1S/C21H44O2/c1-4-7-9-10-11-12-13-14-15-16-18-20(17-8-5-2)19-23-21(22)6-3/h20-22H,4-19H2,1-3H3. The zero-order valence-electron chi connectivity index (χ0n) is 16.3. The van der Waals surface area contributed by atoms with E-state index >= 15 is 0 Å². The molecule has 0 saturated heterocycles. The monoisotopic (exact) mass is 328 g/mol. The van der Waals surface area contributed by atoms with Gasteiger partial charge in [0.2, 0.25) is 0 Å². The van der Waals surface area contributed by atoms with Gasteiger partial charge in [0.15, 0.2) is 6.29 Å². The molecule has 0 aromatic heterocycles. The van der Waals surface area contributed by atoms with Gasteiger partial charge in [-0.05, 0) is 25.2 Å². The van der Waals surface area contributed by atoms with E-state index in [0.29, 0.717) is 12.3 Å². The summed E-state index contributed by atoms with van der Waals surface area (Å²) in [5.74, 6) is 0.644. The van der Waals surface area contributed by atoms with Crippen LogP contribution in [0.5, 0.6) is 0 Å². The van der Waals surface area contributed by atoms with E-state index in [2.05, 4.69) is 13.8 Å². The average Bonchev–Trinajstić information content (AvgIpc) is 2.57. The van der Waals surface area contributed by atoms with Crippen molar-refractivity contribution >= 4 is 0 Å². The normalized spacial score (nSPS) is 14.1. The van der Waals surface area contributed by atoms with Crippen LogP contribution in [-0.4, -0.2) is 18.0 Å². The van der Waals surface area contributed by atoms with Crippen LogP contribution in [-0.2, 0) is 4.74 Å². The number of rotatable bonds is 18. The van der Waals surface area contributed by atoms with Gasteiger partial charge in [-0.1, -0.05) is 97.8 Å². The minimum atomic E-state index is -0.563. The first kappa shape index (κ1) is 22.9. The van der Waals surface area contributed by atoms with Crippen LogP contribution in [0.25, 0.3) is 0 Å². The van der Waals surface area contributed by atoms with E-state index in [9.17, 15) is 5.11 Å². The molecule has 0 rings (SSSR count). The van der Waals surface area contributed by atoms with Crippen LogP contribution < -0.4 is 0 Å². The van der Waals surface area contributed by atoms with Crippen molar-refractivity contribution < 1.29 is 9.84 Å². The molecule has 0 bridgehead atoms. The van der Waals surface area contributed by atoms with Crippen LogP contribution in [0.2, 0.25) is 0 Å². The summed E-state index contributed by atoms with van der Waals surface area (Å²) in [4.78, 5) is 0. The third kappa shape index (κ3) is 16.6.